The van der Waals surface area contributed by atoms with Crippen molar-refractivity contribution < 1.29 is 33.0 Å². The number of aromatic carboxylic acids is 1. The second-order valence-electron chi connectivity index (χ2n) is 8.92. The minimum Gasteiger partial charge on any atom is -0.482 e. The molecule has 1 saturated heterocycles. The Hall–Kier alpha value is -3.93. The van der Waals surface area contributed by atoms with E-state index in [-0.39, 0.29) is 36.2 Å². The smallest absolute Gasteiger partial charge is 0.356 e. The monoisotopic (exact) mass is 543 g/mol. The van der Waals surface area contributed by atoms with Gasteiger partial charge in [0.05, 0.1) is 18.7 Å². The largest absolute Gasteiger partial charge is 0.482 e. The lowest BCUT2D eigenvalue weighted by atomic mass is 10.2. The molecule has 11 heteroatoms. The van der Waals surface area contributed by atoms with Crippen LogP contribution >= 0.6 is 0 Å². The van der Waals surface area contributed by atoms with Gasteiger partial charge in [-0.15, -0.1) is 0 Å². The van der Waals surface area contributed by atoms with Crippen LogP contribution in [-0.2, 0) is 24.4 Å². The van der Waals surface area contributed by atoms with Gasteiger partial charge in [-0.2, -0.15) is 0 Å². The summed E-state index contributed by atoms with van der Waals surface area (Å²) in [6.45, 7) is 3.10. The molecule has 0 unspecified atom stereocenters. The van der Waals surface area contributed by atoms with Crippen LogP contribution in [0.15, 0.2) is 59.5 Å². The summed E-state index contributed by atoms with van der Waals surface area (Å²) in [6.07, 6.45) is 2.04. The maximum absolute atomic E-state index is 12.8. The fraction of sp³-hybridized carbons (Fsp3) is 0.321. The van der Waals surface area contributed by atoms with Crippen LogP contribution in [0, 0.1) is 11.6 Å². The van der Waals surface area contributed by atoms with E-state index in [4.69, 9.17) is 9.47 Å². The molecule has 39 heavy (non-hydrogen) atoms. The molecule has 0 spiro atoms. The average Bonchev–Trinajstić information content (AvgIpc) is 2.91. The van der Waals surface area contributed by atoms with Crippen LogP contribution in [0.3, 0.4) is 0 Å². The van der Waals surface area contributed by atoms with Crippen LogP contribution in [-0.4, -0.2) is 47.9 Å². The Labute approximate surface area is 224 Å². The molecule has 1 fully saturated rings. The summed E-state index contributed by atoms with van der Waals surface area (Å²) < 4.78 is 37.6. The average molecular weight is 544 g/mol. The summed E-state index contributed by atoms with van der Waals surface area (Å²) >= 11 is 0. The van der Waals surface area contributed by atoms with Crippen LogP contribution < -0.4 is 20.8 Å². The zero-order valence-corrected chi connectivity index (χ0v) is 21.7. The Morgan fingerprint density at radius 2 is 2.00 bits per heavy atom. The second-order valence-corrected chi connectivity index (χ2v) is 8.92. The molecule has 1 aliphatic rings. The number of carboxylic acids is 1. The topological polar surface area (TPSA) is 119 Å². The quantitative estimate of drug-likeness (QED) is 0.352. The number of nitrogens with zero attached hydrogens (tertiary/aromatic N) is 1. The van der Waals surface area contributed by atoms with E-state index in [0.717, 1.165) is 18.1 Å². The normalized spacial score (nSPS) is 16.6. The highest BCUT2D eigenvalue weighted by Crippen LogP contribution is 2.19. The van der Waals surface area contributed by atoms with E-state index in [1.165, 1.54) is 22.9 Å². The number of aromatic nitrogens is 1. The van der Waals surface area contributed by atoms with Crippen molar-refractivity contribution >= 4 is 12.3 Å². The summed E-state index contributed by atoms with van der Waals surface area (Å²) in [6, 6.07) is 12.8. The molecular formula is C28H31F2N3O6. The molecule has 0 amide bonds. The highest BCUT2D eigenvalue weighted by molar-refractivity contribution is 5.90. The Balaban J connectivity index is 0.000000320. The number of aldehydes is 1. The third-order valence-electron chi connectivity index (χ3n) is 5.91. The van der Waals surface area contributed by atoms with Gasteiger partial charge in [0.2, 0.25) is 5.43 Å². The number of pyridine rings is 1. The first-order valence-corrected chi connectivity index (χ1v) is 12.3. The van der Waals surface area contributed by atoms with Gasteiger partial charge in [0.15, 0.2) is 17.7 Å². The van der Waals surface area contributed by atoms with E-state index < -0.39 is 29.3 Å². The van der Waals surface area contributed by atoms with Crippen molar-refractivity contribution in [3.63, 3.8) is 0 Å². The molecule has 208 valence electrons. The molecule has 2 aromatic carbocycles. The molecule has 4 rings (SSSR count). The van der Waals surface area contributed by atoms with Gasteiger partial charge in [0.1, 0.15) is 24.5 Å². The third-order valence-corrected chi connectivity index (χ3v) is 5.91. The van der Waals surface area contributed by atoms with E-state index in [2.05, 4.69) is 10.6 Å². The fourth-order valence-electron chi connectivity index (χ4n) is 3.95. The SMILES string of the molecule is CNCc1ccc(F)cc1F.C[C@@H]1CCO[C@H](Cn2cc(C=O)c(=O)c(OCc3ccccc3)c2C(=O)O)N1. The first-order valence-electron chi connectivity index (χ1n) is 12.3. The van der Waals surface area contributed by atoms with Gasteiger partial charge in [-0.1, -0.05) is 36.4 Å². The lowest BCUT2D eigenvalue weighted by Gasteiger charge is -2.30. The van der Waals surface area contributed by atoms with Crippen molar-refractivity contribution in [1.82, 2.24) is 15.2 Å². The van der Waals surface area contributed by atoms with Crippen molar-refractivity contribution in [3.8, 4) is 5.75 Å². The highest BCUT2D eigenvalue weighted by atomic mass is 19.1. The van der Waals surface area contributed by atoms with Gasteiger partial charge in [-0.05, 0) is 32.0 Å². The van der Waals surface area contributed by atoms with Gasteiger partial charge >= 0.3 is 5.97 Å². The van der Waals surface area contributed by atoms with Crippen molar-refractivity contribution in [3.05, 3.63) is 99.0 Å². The summed E-state index contributed by atoms with van der Waals surface area (Å²) in [5, 5.41) is 15.7. The molecule has 0 bridgehead atoms. The van der Waals surface area contributed by atoms with Crippen LogP contribution in [0.5, 0.6) is 5.75 Å². The number of carboxylic acid groups (broad SMARTS) is 1. The van der Waals surface area contributed by atoms with Gasteiger partial charge in [0, 0.05) is 30.4 Å². The predicted molar refractivity (Wildman–Crippen MR) is 140 cm³/mol. The maximum Gasteiger partial charge on any atom is 0.356 e. The number of hydrogen-bond acceptors (Lipinski definition) is 7. The van der Waals surface area contributed by atoms with E-state index in [1.807, 2.05) is 25.1 Å². The van der Waals surface area contributed by atoms with Crippen molar-refractivity contribution in [2.75, 3.05) is 13.7 Å². The number of rotatable bonds is 9. The van der Waals surface area contributed by atoms with E-state index in [0.29, 0.717) is 25.0 Å². The zero-order chi connectivity index (χ0) is 28.4. The Kier molecular flexibility index (Phi) is 10.9. The minimum atomic E-state index is -1.32. The van der Waals surface area contributed by atoms with Crippen molar-refractivity contribution in [1.29, 1.82) is 0 Å². The van der Waals surface area contributed by atoms with Crippen molar-refractivity contribution in [2.24, 2.45) is 0 Å². The van der Waals surface area contributed by atoms with E-state index in [1.54, 1.807) is 19.2 Å². The predicted octanol–water partition coefficient (Wildman–Crippen LogP) is 3.35. The number of carbonyl (C=O) groups excluding carboxylic acids is 1. The molecule has 1 aromatic heterocycles. The number of ether oxygens (including phenoxy) is 2. The molecule has 1 aliphatic heterocycles. The summed E-state index contributed by atoms with van der Waals surface area (Å²) in [4.78, 5) is 35.9. The van der Waals surface area contributed by atoms with E-state index >= 15 is 0 Å². The number of nitrogens with one attached hydrogen (secondary N) is 2. The maximum atomic E-state index is 12.8. The molecule has 2 heterocycles. The number of benzene rings is 2. The first-order chi connectivity index (χ1) is 18.7. The number of hydrogen-bond donors (Lipinski definition) is 3. The molecule has 0 aliphatic carbocycles. The van der Waals surface area contributed by atoms with Crippen LogP contribution in [0.1, 0.15) is 45.3 Å². The Morgan fingerprint density at radius 3 is 2.62 bits per heavy atom. The third kappa shape index (κ3) is 8.28. The Bertz CT molecular complexity index is 1330. The van der Waals surface area contributed by atoms with Crippen LogP contribution in [0.25, 0.3) is 0 Å². The van der Waals surface area contributed by atoms with Crippen LogP contribution in [0.4, 0.5) is 8.78 Å². The van der Waals surface area contributed by atoms with Crippen molar-refractivity contribution in [2.45, 2.75) is 45.3 Å². The zero-order valence-electron chi connectivity index (χ0n) is 21.7. The van der Waals surface area contributed by atoms with E-state index in [9.17, 15) is 28.3 Å². The molecule has 3 N–H and O–H groups in total. The standard InChI is InChI=1S/C20H22N2O6.C8H9F2N/c1-13-7-8-27-16(21-13)10-22-9-15(11-23)18(24)19(17(22)20(25)26)28-12-14-5-3-2-4-6-14;1-11-5-6-2-3-7(9)4-8(6)10/h2-6,9,11,13,16,21H,7-8,10,12H2,1H3,(H,25,26);2-4,11H,5H2,1H3/t13-,16-;/m1./s1. The minimum absolute atomic E-state index is 0.00782. The fourth-order valence-corrected chi connectivity index (χ4v) is 3.95. The molecule has 0 saturated carbocycles. The van der Waals surface area contributed by atoms with Gasteiger partial charge in [-0.25, -0.2) is 13.6 Å². The molecule has 9 nitrogen and oxygen atoms in total. The lowest BCUT2D eigenvalue weighted by Crippen LogP contribution is -2.46. The highest BCUT2D eigenvalue weighted by Gasteiger charge is 2.26. The summed E-state index contributed by atoms with van der Waals surface area (Å²) in [5.74, 6) is -2.71. The molecule has 0 radical (unpaired) electrons. The molecular weight excluding hydrogens is 512 g/mol. The molecule has 2 atom stereocenters. The Morgan fingerprint density at radius 1 is 1.26 bits per heavy atom. The van der Waals surface area contributed by atoms with Gasteiger partial charge in [-0.3, -0.25) is 14.9 Å². The van der Waals surface area contributed by atoms with Gasteiger partial charge in [0.25, 0.3) is 0 Å². The first kappa shape index (κ1) is 29.6. The van der Waals surface area contributed by atoms with Crippen LogP contribution in [0.2, 0.25) is 0 Å². The summed E-state index contributed by atoms with van der Waals surface area (Å²) in [5.41, 5.74) is 0.0267. The summed E-state index contributed by atoms with van der Waals surface area (Å²) in [7, 11) is 1.71. The number of halogens is 2. The second kappa shape index (κ2) is 14.3. The molecule has 3 aromatic rings. The number of carbonyl (C=O) groups is 2. The van der Waals surface area contributed by atoms with Gasteiger partial charge < -0.3 is 24.5 Å². The lowest BCUT2D eigenvalue weighted by molar-refractivity contribution is -0.0249.